The fourth-order valence-electron chi connectivity index (χ4n) is 1.78. The smallest absolute Gasteiger partial charge is 0.330 e. The van der Waals surface area contributed by atoms with Gasteiger partial charge >= 0.3 is 6.18 Å². The molecule has 96 valence electrons. The average Bonchev–Trinajstić information content (AvgIpc) is 2.74. The average molecular weight is 255 g/mol. The predicted molar refractivity (Wildman–Crippen MR) is 61.3 cm³/mol. The van der Waals surface area contributed by atoms with Crippen LogP contribution in [0.1, 0.15) is 11.5 Å². The van der Waals surface area contributed by atoms with Crippen LogP contribution in [0, 0.1) is 0 Å². The summed E-state index contributed by atoms with van der Waals surface area (Å²) >= 11 is 0. The van der Waals surface area contributed by atoms with Crippen molar-refractivity contribution in [2.45, 2.75) is 12.6 Å². The number of hydrogen-bond acceptors (Lipinski definition) is 2. The van der Waals surface area contributed by atoms with Crippen molar-refractivity contribution in [1.29, 1.82) is 0 Å². The Morgan fingerprint density at radius 2 is 1.83 bits per heavy atom. The highest BCUT2D eigenvalue weighted by Crippen LogP contribution is 2.31. The van der Waals surface area contributed by atoms with E-state index in [1.807, 2.05) is 0 Å². The molecule has 2 N–H and O–H groups in total. The third kappa shape index (κ3) is 2.38. The summed E-state index contributed by atoms with van der Waals surface area (Å²) in [6, 6.07) is 8.33. The van der Waals surface area contributed by atoms with Crippen LogP contribution >= 0.6 is 0 Å². The van der Waals surface area contributed by atoms with Gasteiger partial charge in [-0.3, -0.25) is 4.57 Å². The van der Waals surface area contributed by atoms with Crippen molar-refractivity contribution in [2.75, 3.05) is 6.54 Å². The van der Waals surface area contributed by atoms with Crippen molar-refractivity contribution in [1.82, 2.24) is 9.55 Å². The van der Waals surface area contributed by atoms with Gasteiger partial charge in [-0.15, -0.1) is 0 Å². The first-order valence-electron chi connectivity index (χ1n) is 5.43. The van der Waals surface area contributed by atoms with Gasteiger partial charge < -0.3 is 5.73 Å². The molecule has 1 aromatic carbocycles. The zero-order valence-corrected chi connectivity index (χ0v) is 9.48. The van der Waals surface area contributed by atoms with Gasteiger partial charge in [0.05, 0.1) is 0 Å². The number of para-hydroxylation sites is 1. The first kappa shape index (κ1) is 12.6. The number of nitrogens with two attached hydrogens (primary N) is 1. The Morgan fingerprint density at radius 1 is 1.17 bits per heavy atom. The zero-order valence-electron chi connectivity index (χ0n) is 9.48. The minimum absolute atomic E-state index is 0.274. The summed E-state index contributed by atoms with van der Waals surface area (Å²) in [4.78, 5) is 3.46. The lowest BCUT2D eigenvalue weighted by atomic mass is 10.2. The summed E-state index contributed by atoms with van der Waals surface area (Å²) in [6.45, 7) is 0.274. The number of rotatable bonds is 3. The van der Waals surface area contributed by atoms with Crippen molar-refractivity contribution in [3.63, 3.8) is 0 Å². The van der Waals surface area contributed by atoms with Gasteiger partial charge in [0.15, 0.2) is 0 Å². The maximum Gasteiger partial charge on any atom is 0.450 e. The van der Waals surface area contributed by atoms with Crippen LogP contribution in [-0.4, -0.2) is 16.1 Å². The molecule has 3 nitrogen and oxygen atoms in total. The Morgan fingerprint density at radius 3 is 2.39 bits per heavy atom. The molecule has 0 bridgehead atoms. The van der Waals surface area contributed by atoms with Crippen molar-refractivity contribution in [3.05, 3.63) is 48.0 Å². The highest BCUT2D eigenvalue weighted by atomic mass is 19.4. The van der Waals surface area contributed by atoms with E-state index in [0.29, 0.717) is 17.8 Å². The molecule has 2 aromatic rings. The normalized spacial score (nSPS) is 11.8. The number of alkyl halides is 3. The maximum atomic E-state index is 12.9. The number of halogens is 3. The fourth-order valence-corrected chi connectivity index (χ4v) is 1.78. The molecular formula is C12H12F3N3. The number of aromatic nitrogens is 2. The predicted octanol–water partition coefficient (Wildman–Crippen LogP) is 2.39. The minimum Gasteiger partial charge on any atom is -0.330 e. The van der Waals surface area contributed by atoms with Gasteiger partial charge in [-0.25, -0.2) is 4.98 Å². The third-order valence-corrected chi connectivity index (χ3v) is 2.50. The molecule has 0 amide bonds. The molecule has 0 unspecified atom stereocenters. The van der Waals surface area contributed by atoms with Crippen LogP contribution in [-0.2, 0) is 12.6 Å². The molecule has 0 saturated carbocycles. The van der Waals surface area contributed by atoms with E-state index in [1.165, 1.54) is 6.20 Å². The van der Waals surface area contributed by atoms with E-state index in [0.717, 1.165) is 4.57 Å². The van der Waals surface area contributed by atoms with Crippen LogP contribution in [0.5, 0.6) is 0 Å². The lowest BCUT2D eigenvalue weighted by Gasteiger charge is -2.13. The molecule has 0 radical (unpaired) electrons. The van der Waals surface area contributed by atoms with E-state index in [1.54, 1.807) is 30.3 Å². The Hall–Kier alpha value is -1.82. The fraction of sp³-hybridized carbons (Fsp3) is 0.250. The number of imidazole rings is 1. The van der Waals surface area contributed by atoms with Crippen LogP contribution in [0.2, 0.25) is 0 Å². The van der Waals surface area contributed by atoms with Crippen LogP contribution in [0.15, 0.2) is 36.5 Å². The van der Waals surface area contributed by atoms with Gasteiger partial charge in [-0.1, -0.05) is 18.2 Å². The van der Waals surface area contributed by atoms with Crippen molar-refractivity contribution >= 4 is 0 Å². The van der Waals surface area contributed by atoms with Crippen LogP contribution in [0.3, 0.4) is 0 Å². The second kappa shape index (κ2) is 4.81. The molecule has 1 aromatic heterocycles. The van der Waals surface area contributed by atoms with E-state index in [-0.39, 0.29) is 6.54 Å². The Balaban J connectivity index is 2.58. The van der Waals surface area contributed by atoms with Crippen LogP contribution in [0.25, 0.3) is 5.69 Å². The Kier molecular flexibility index (Phi) is 3.38. The standard InChI is InChI=1S/C12H12F3N3/c13-12(14,15)11-17-8-10(6-7-16)18(11)9-4-2-1-3-5-9/h1-5,8H,6-7,16H2. The second-order valence-electron chi connectivity index (χ2n) is 3.78. The van der Waals surface area contributed by atoms with Gasteiger partial charge in [-0.2, -0.15) is 13.2 Å². The molecule has 6 heteroatoms. The highest BCUT2D eigenvalue weighted by Gasteiger charge is 2.37. The van der Waals surface area contributed by atoms with Gasteiger partial charge in [-0.05, 0) is 18.7 Å². The molecule has 0 aliphatic rings. The Labute approximate surface area is 102 Å². The van der Waals surface area contributed by atoms with Crippen molar-refractivity contribution in [2.24, 2.45) is 5.73 Å². The van der Waals surface area contributed by atoms with Gasteiger partial charge in [0.2, 0.25) is 5.82 Å². The van der Waals surface area contributed by atoms with Crippen LogP contribution in [0.4, 0.5) is 13.2 Å². The summed E-state index contributed by atoms with van der Waals surface area (Å²) in [7, 11) is 0. The summed E-state index contributed by atoms with van der Waals surface area (Å²) in [6.07, 6.45) is -2.91. The van der Waals surface area contributed by atoms with Gasteiger partial charge in [0.1, 0.15) is 0 Å². The number of benzene rings is 1. The molecule has 0 aliphatic heterocycles. The van der Waals surface area contributed by atoms with Gasteiger partial charge in [0.25, 0.3) is 0 Å². The summed E-state index contributed by atoms with van der Waals surface area (Å²) in [5.41, 5.74) is 6.29. The van der Waals surface area contributed by atoms with Crippen molar-refractivity contribution < 1.29 is 13.2 Å². The summed E-state index contributed by atoms with van der Waals surface area (Å²) in [5.74, 6) is -0.919. The quantitative estimate of drug-likeness (QED) is 0.915. The third-order valence-electron chi connectivity index (χ3n) is 2.50. The molecular weight excluding hydrogens is 243 g/mol. The van der Waals surface area contributed by atoms with E-state index < -0.39 is 12.0 Å². The second-order valence-corrected chi connectivity index (χ2v) is 3.78. The summed E-state index contributed by atoms with van der Waals surface area (Å²) in [5, 5.41) is 0. The molecule has 0 spiro atoms. The van der Waals surface area contributed by atoms with E-state index in [9.17, 15) is 13.2 Å². The molecule has 0 atom stereocenters. The first-order valence-corrected chi connectivity index (χ1v) is 5.43. The van der Waals surface area contributed by atoms with E-state index >= 15 is 0 Å². The SMILES string of the molecule is NCCc1cnc(C(F)(F)F)n1-c1ccccc1. The van der Waals surface area contributed by atoms with E-state index in [4.69, 9.17) is 5.73 Å². The van der Waals surface area contributed by atoms with E-state index in [2.05, 4.69) is 4.98 Å². The zero-order chi connectivity index (χ0) is 13.2. The summed E-state index contributed by atoms with van der Waals surface area (Å²) < 4.78 is 39.7. The molecule has 0 fully saturated rings. The maximum absolute atomic E-state index is 12.9. The Bertz CT molecular complexity index is 517. The molecule has 18 heavy (non-hydrogen) atoms. The van der Waals surface area contributed by atoms with Crippen molar-refractivity contribution in [3.8, 4) is 5.69 Å². The lowest BCUT2D eigenvalue weighted by Crippen LogP contribution is -2.16. The lowest BCUT2D eigenvalue weighted by molar-refractivity contribution is -0.146. The van der Waals surface area contributed by atoms with Gasteiger partial charge in [0, 0.05) is 24.0 Å². The first-order chi connectivity index (χ1) is 8.54. The molecule has 1 heterocycles. The monoisotopic (exact) mass is 255 g/mol. The highest BCUT2D eigenvalue weighted by molar-refractivity contribution is 5.36. The topological polar surface area (TPSA) is 43.8 Å². The molecule has 0 saturated heterocycles. The molecule has 0 aliphatic carbocycles. The largest absolute Gasteiger partial charge is 0.450 e. The number of nitrogens with zero attached hydrogens (tertiary/aromatic N) is 2. The molecule has 2 rings (SSSR count). The number of hydrogen-bond donors (Lipinski definition) is 1. The van der Waals surface area contributed by atoms with Crippen LogP contribution < -0.4 is 5.73 Å². The minimum atomic E-state index is -4.48.